The predicted molar refractivity (Wildman–Crippen MR) is 53.6 cm³/mol. The third-order valence-corrected chi connectivity index (χ3v) is 2.72. The summed E-state index contributed by atoms with van der Waals surface area (Å²) in [6.07, 6.45) is 4.89. The van der Waals surface area contributed by atoms with E-state index in [-0.39, 0.29) is 11.9 Å². The van der Waals surface area contributed by atoms with Crippen molar-refractivity contribution >= 4 is 5.91 Å². The van der Waals surface area contributed by atoms with E-state index in [4.69, 9.17) is 0 Å². The van der Waals surface area contributed by atoms with Crippen molar-refractivity contribution in [3.05, 3.63) is 0 Å². The highest BCUT2D eigenvalue weighted by molar-refractivity contribution is 5.81. The largest absolute Gasteiger partial charge is 0.341 e. The molecule has 1 heterocycles. The summed E-state index contributed by atoms with van der Waals surface area (Å²) < 4.78 is 0. The molecule has 13 heavy (non-hydrogen) atoms. The zero-order valence-electron chi connectivity index (χ0n) is 8.68. The Labute approximate surface area is 80.5 Å². The van der Waals surface area contributed by atoms with Crippen molar-refractivity contribution in [2.75, 3.05) is 20.1 Å². The van der Waals surface area contributed by atoms with Gasteiger partial charge in [0.2, 0.25) is 5.91 Å². The van der Waals surface area contributed by atoms with Gasteiger partial charge < -0.3 is 10.2 Å². The van der Waals surface area contributed by atoms with Crippen LogP contribution in [-0.4, -0.2) is 37.0 Å². The second-order valence-electron chi connectivity index (χ2n) is 3.75. The van der Waals surface area contributed by atoms with E-state index in [1.807, 2.05) is 18.9 Å². The number of hydrogen-bond acceptors (Lipinski definition) is 2. The number of carbonyl (C=O) groups excluding carboxylic acids is 1. The van der Waals surface area contributed by atoms with Gasteiger partial charge >= 0.3 is 0 Å². The fourth-order valence-corrected chi connectivity index (χ4v) is 1.69. The molecule has 0 aromatic carbocycles. The van der Waals surface area contributed by atoms with E-state index in [9.17, 15) is 4.79 Å². The Bertz CT molecular complexity index is 162. The Balaban J connectivity index is 2.43. The molecule has 0 radical (unpaired) electrons. The van der Waals surface area contributed by atoms with Gasteiger partial charge in [0, 0.05) is 13.1 Å². The van der Waals surface area contributed by atoms with Crippen molar-refractivity contribution in [1.82, 2.24) is 10.2 Å². The van der Waals surface area contributed by atoms with Crippen LogP contribution in [0.3, 0.4) is 0 Å². The highest BCUT2D eigenvalue weighted by atomic mass is 16.2. The SMILES string of the molecule is CN[C@@H](C)C(=O)N1CCCCCC1. The number of hydrogen-bond donors (Lipinski definition) is 1. The maximum Gasteiger partial charge on any atom is 0.239 e. The third kappa shape index (κ3) is 2.99. The van der Waals surface area contributed by atoms with Crippen LogP contribution in [0.15, 0.2) is 0 Å². The van der Waals surface area contributed by atoms with Gasteiger partial charge in [0.25, 0.3) is 0 Å². The van der Waals surface area contributed by atoms with Crippen LogP contribution in [0.5, 0.6) is 0 Å². The molecule has 0 spiro atoms. The average molecular weight is 184 g/mol. The van der Waals surface area contributed by atoms with Gasteiger partial charge in [-0.3, -0.25) is 4.79 Å². The van der Waals surface area contributed by atoms with Crippen LogP contribution < -0.4 is 5.32 Å². The van der Waals surface area contributed by atoms with E-state index in [1.165, 1.54) is 25.7 Å². The molecule has 1 amide bonds. The molecule has 0 bridgehead atoms. The van der Waals surface area contributed by atoms with Gasteiger partial charge in [0.15, 0.2) is 0 Å². The summed E-state index contributed by atoms with van der Waals surface area (Å²) >= 11 is 0. The minimum absolute atomic E-state index is 0.0295. The molecule has 0 aliphatic carbocycles. The minimum atomic E-state index is -0.0295. The average Bonchev–Trinajstić information content (AvgIpc) is 2.43. The van der Waals surface area contributed by atoms with Crippen LogP contribution in [0.25, 0.3) is 0 Å². The molecule has 0 saturated carbocycles. The maximum atomic E-state index is 11.7. The van der Waals surface area contributed by atoms with E-state index in [2.05, 4.69) is 5.32 Å². The summed E-state index contributed by atoms with van der Waals surface area (Å²) in [5, 5.41) is 2.99. The molecular weight excluding hydrogens is 164 g/mol. The lowest BCUT2D eigenvalue weighted by atomic mass is 10.2. The molecule has 1 fully saturated rings. The first kappa shape index (κ1) is 10.5. The van der Waals surface area contributed by atoms with Crippen molar-refractivity contribution < 1.29 is 4.79 Å². The lowest BCUT2D eigenvalue weighted by Crippen LogP contribution is -2.43. The Morgan fingerprint density at radius 3 is 2.23 bits per heavy atom. The van der Waals surface area contributed by atoms with E-state index in [1.54, 1.807) is 0 Å². The summed E-state index contributed by atoms with van der Waals surface area (Å²) in [6, 6.07) is -0.0295. The summed E-state index contributed by atoms with van der Waals surface area (Å²) in [7, 11) is 1.83. The number of amides is 1. The molecule has 0 unspecified atom stereocenters. The molecule has 1 aliphatic rings. The number of carbonyl (C=O) groups is 1. The molecule has 3 nitrogen and oxygen atoms in total. The number of likely N-dealkylation sites (tertiary alicyclic amines) is 1. The third-order valence-electron chi connectivity index (χ3n) is 2.72. The second kappa shape index (κ2) is 5.22. The van der Waals surface area contributed by atoms with Crippen LogP contribution in [0.4, 0.5) is 0 Å². The van der Waals surface area contributed by atoms with Crippen LogP contribution in [0.1, 0.15) is 32.6 Å². The fourth-order valence-electron chi connectivity index (χ4n) is 1.69. The van der Waals surface area contributed by atoms with E-state index >= 15 is 0 Å². The maximum absolute atomic E-state index is 11.7. The Kier molecular flexibility index (Phi) is 4.22. The second-order valence-corrected chi connectivity index (χ2v) is 3.75. The van der Waals surface area contributed by atoms with Crippen LogP contribution in [-0.2, 0) is 4.79 Å². The standard InChI is InChI=1S/C10H20N2O/c1-9(11-2)10(13)12-7-5-3-4-6-8-12/h9,11H,3-8H2,1-2H3/t9-/m0/s1. The van der Waals surface area contributed by atoms with Crippen molar-refractivity contribution in [3.8, 4) is 0 Å². The van der Waals surface area contributed by atoms with Gasteiger partial charge in [-0.15, -0.1) is 0 Å². The molecule has 1 rings (SSSR count). The molecular formula is C10H20N2O. The molecule has 76 valence electrons. The van der Waals surface area contributed by atoms with Crippen molar-refractivity contribution in [2.45, 2.75) is 38.6 Å². The quantitative estimate of drug-likeness (QED) is 0.694. The van der Waals surface area contributed by atoms with Gasteiger partial charge in [-0.25, -0.2) is 0 Å². The lowest BCUT2D eigenvalue weighted by Gasteiger charge is -2.23. The number of nitrogens with one attached hydrogen (secondary N) is 1. The van der Waals surface area contributed by atoms with E-state index in [0.29, 0.717) is 0 Å². The Morgan fingerprint density at radius 1 is 1.23 bits per heavy atom. The Morgan fingerprint density at radius 2 is 1.77 bits per heavy atom. The number of rotatable bonds is 2. The number of nitrogens with zero attached hydrogens (tertiary/aromatic N) is 1. The minimum Gasteiger partial charge on any atom is -0.341 e. The zero-order chi connectivity index (χ0) is 9.68. The van der Waals surface area contributed by atoms with Gasteiger partial charge in [0.05, 0.1) is 6.04 Å². The van der Waals surface area contributed by atoms with Crippen molar-refractivity contribution in [2.24, 2.45) is 0 Å². The van der Waals surface area contributed by atoms with Crippen molar-refractivity contribution in [3.63, 3.8) is 0 Å². The summed E-state index contributed by atoms with van der Waals surface area (Å²) in [5.41, 5.74) is 0. The summed E-state index contributed by atoms with van der Waals surface area (Å²) in [4.78, 5) is 13.7. The van der Waals surface area contributed by atoms with Crippen LogP contribution >= 0.6 is 0 Å². The van der Waals surface area contributed by atoms with E-state index in [0.717, 1.165) is 13.1 Å². The summed E-state index contributed by atoms with van der Waals surface area (Å²) in [6.45, 7) is 3.82. The highest BCUT2D eigenvalue weighted by Gasteiger charge is 2.19. The van der Waals surface area contributed by atoms with Crippen molar-refractivity contribution in [1.29, 1.82) is 0 Å². The van der Waals surface area contributed by atoms with Crippen LogP contribution in [0, 0.1) is 0 Å². The normalized spacial score (nSPS) is 20.9. The molecule has 1 atom stereocenters. The topological polar surface area (TPSA) is 32.3 Å². The molecule has 0 aromatic heterocycles. The molecule has 0 aromatic rings. The predicted octanol–water partition coefficient (Wildman–Crippen LogP) is 0.997. The number of likely N-dealkylation sites (N-methyl/N-ethyl adjacent to an activating group) is 1. The smallest absolute Gasteiger partial charge is 0.239 e. The Hall–Kier alpha value is -0.570. The molecule has 1 saturated heterocycles. The molecule has 1 aliphatic heterocycles. The van der Waals surface area contributed by atoms with E-state index < -0.39 is 0 Å². The van der Waals surface area contributed by atoms with Gasteiger partial charge in [-0.2, -0.15) is 0 Å². The van der Waals surface area contributed by atoms with Gasteiger partial charge in [-0.05, 0) is 26.8 Å². The van der Waals surface area contributed by atoms with Gasteiger partial charge in [0.1, 0.15) is 0 Å². The molecule has 1 N–H and O–H groups in total. The first-order valence-corrected chi connectivity index (χ1v) is 5.21. The monoisotopic (exact) mass is 184 g/mol. The van der Waals surface area contributed by atoms with Gasteiger partial charge in [-0.1, -0.05) is 12.8 Å². The lowest BCUT2D eigenvalue weighted by molar-refractivity contribution is -0.132. The first-order chi connectivity index (χ1) is 6.25. The highest BCUT2D eigenvalue weighted by Crippen LogP contribution is 2.10. The first-order valence-electron chi connectivity index (χ1n) is 5.21. The molecule has 3 heteroatoms. The van der Waals surface area contributed by atoms with Crippen LogP contribution in [0.2, 0.25) is 0 Å². The summed E-state index contributed by atoms with van der Waals surface area (Å²) in [5.74, 6) is 0.254. The zero-order valence-corrected chi connectivity index (χ0v) is 8.68. The fraction of sp³-hybridized carbons (Fsp3) is 0.900.